The van der Waals surface area contributed by atoms with Crippen molar-refractivity contribution in [3.05, 3.63) is 0 Å². The molecule has 0 spiro atoms. The molecule has 1 saturated heterocycles. The van der Waals surface area contributed by atoms with Gasteiger partial charge in [-0.15, -0.1) is 0 Å². The predicted octanol–water partition coefficient (Wildman–Crippen LogP) is -3.84. The molecular weight excluding hydrogens is 754 g/mol. The number of rotatable bonds is 24. The second-order valence-corrected chi connectivity index (χ2v) is 14.8. The lowest BCUT2D eigenvalue weighted by atomic mass is 10.0. The van der Waals surface area contributed by atoms with Crippen LogP contribution in [-0.4, -0.2) is 141 Å². The number of aliphatic carboxylic acids is 2. The van der Waals surface area contributed by atoms with Gasteiger partial charge < -0.3 is 63.6 Å². The smallest absolute Gasteiger partial charge is 0.328 e. The summed E-state index contributed by atoms with van der Waals surface area (Å²) in [5.74, 6) is -9.60. The molecular formula is C35H59N9O13. The number of nitrogens with one attached hydrogen (secondary N) is 6. The van der Waals surface area contributed by atoms with Crippen LogP contribution in [0, 0.1) is 11.8 Å². The molecule has 0 aromatic carbocycles. The number of amides is 8. The highest BCUT2D eigenvalue weighted by Gasteiger charge is 2.40. The summed E-state index contributed by atoms with van der Waals surface area (Å²) in [6.45, 7) is 8.70. The largest absolute Gasteiger partial charge is 0.481 e. The predicted molar refractivity (Wildman–Crippen MR) is 200 cm³/mol. The number of carboxylic acids is 2. The van der Waals surface area contributed by atoms with Gasteiger partial charge >= 0.3 is 11.9 Å². The van der Waals surface area contributed by atoms with Crippen molar-refractivity contribution in [1.29, 1.82) is 0 Å². The van der Waals surface area contributed by atoms with Gasteiger partial charge in [-0.1, -0.05) is 27.7 Å². The highest BCUT2D eigenvalue weighted by atomic mass is 16.4. The number of nitrogens with zero attached hydrogens (tertiary/aromatic N) is 1. The number of hydrogen-bond acceptors (Lipinski definition) is 12. The Morgan fingerprint density at radius 2 is 1.37 bits per heavy atom. The molecule has 1 heterocycles. The molecule has 0 aromatic rings. The third kappa shape index (κ3) is 17.1. The Balaban J connectivity index is 3.03. The molecule has 8 amide bonds. The highest BCUT2D eigenvalue weighted by Crippen LogP contribution is 2.20. The first kappa shape index (κ1) is 49.6. The first-order valence-electron chi connectivity index (χ1n) is 18.7. The van der Waals surface area contributed by atoms with E-state index in [0.717, 1.165) is 4.90 Å². The molecule has 13 N–H and O–H groups in total. The van der Waals surface area contributed by atoms with Crippen molar-refractivity contribution in [3.8, 4) is 0 Å². The van der Waals surface area contributed by atoms with Crippen molar-refractivity contribution < 1.29 is 63.3 Å². The fourth-order valence-corrected chi connectivity index (χ4v) is 5.79. The summed E-state index contributed by atoms with van der Waals surface area (Å²) < 4.78 is 0. The quantitative estimate of drug-likeness (QED) is 0.0445. The van der Waals surface area contributed by atoms with E-state index in [2.05, 4.69) is 31.9 Å². The number of hydrogen-bond donors (Lipinski definition) is 11. The van der Waals surface area contributed by atoms with E-state index in [1.54, 1.807) is 27.7 Å². The van der Waals surface area contributed by atoms with Crippen molar-refractivity contribution >= 4 is 59.2 Å². The molecule has 1 fully saturated rings. The fraction of sp³-hybridized carbons (Fsp3) is 0.714. The van der Waals surface area contributed by atoms with Crippen LogP contribution in [0.1, 0.15) is 86.5 Å². The lowest BCUT2D eigenvalue weighted by Crippen LogP contribution is -2.59. The van der Waals surface area contributed by atoms with E-state index in [-0.39, 0.29) is 51.0 Å². The topological polar surface area (TPSA) is 359 Å². The van der Waals surface area contributed by atoms with E-state index in [9.17, 15) is 58.2 Å². The van der Waals surface area contributed by atoms with Gasteiger partial charge in [0.05, 0.1) is 18.7 Å². The third-order valence-electron chi connectivity index (χ3n) is 8.97. The molecule has 8 atom stereocenters. The van der Waals surface area contributed by atoms with Gasteiger partial charge in [-0.2, -0.15) is 0 Å². The van der Waals surface area contributed by atoms with E-state index in [1.165, 1.54) is 13.8 Å². The van der Waals surface area contributed by atoms with E-state index in [4.69, 9.17) is 16.6 Å². The summed E-state index contributed by atoms with van der Waals surface area (Å²) in [6, 6.07) is -8.94. The molecule has 1 aliphatic heterocycles. The maximum Gasteiger partial charge on any atom is 0.328 e. The molecule has 1 aliphatic rings. The van der Waals surface area contributed by atoms with Gasteiger partial charge in [0.25, 0.3) is 0 Å². The minimum absolute atomic E-state index is 0.0618. The van der Waals surface area contributed by atoms with Gasteiger partial charge in [0.15, 0.2) is 6.04 Å². The van der Waals surface area contributed by atoms with Crippen LogP contribution in [0.5, 0.6) is 0 Å². The monoisotopic (exact) mass is 813 g/mol. The normalized spacial score (nSPS) is 17.5. The summed E-state index contributed by atoms with van der Waals surface area (Å²) in [7, 11) is 0. The molecule has 322 valence electrons. The van der Waals surface area contributed by atoms with Crippen LogP contribution in [0.3, 0.4) is 0 Å². The summed E-state index contributed by atoms with van der Waals surface area (Å²) in [6.07, 6.45) is -1.99. The summed E-state index contributed by atoms with van der Waals surface area (Å²) in [4.78, 5) is 127. The van der Waals surface area contributed by atoms with Crippen molar-refractivity contribution in [2.24, 2.45) is 23.3 Å². The first-order chi connectivity index (χ1) is 26.5. The van der Waals surface area contributed by atoms with E-state index >= 15 is 0 Å². The molecule has 22 heteroatoms. The average molecular weight is 814 g/mol. The Kier molecular flexibility index (Phi) is 20.6. The molecule has 22 nitrogen and oxygen atoms in total. The summed E-state index contributed by atoms with van der Waals surface area (Å²) in [5.41, 5.74) is 11.0. The van der Waals surface area contributed by atoms with E-state index < -0.39 is 120 Å². The number of carbonyl (C=O) groups is 10. The van der Waals surface area contributed by atoms with E-state index in [0.29, 0.717) is 6.42 Å². The molecule has 57 heavy (non-hydrogen) atoms. The molecule has 0 radical (unpaired) electrons. The Bertz CT molecular complexity index is 1490. The van der Waals surface area contributed by atoms with Crippen molar-refractivity contribution in [2.45, 2.75) is 135 Å². The Morgan fingerprint density at radius 1 is 0.737 bits per heavy atom. The van der Waals surface area contributed by atoms with Crippen LogP contribution in [0.4, 0.5) is 0 Å². The minimum atomic E-state index is -1.65. The van der Waals surface area contributed by atoms with Gasteiger partial charge in [0.2, 0.25) is 47.3 Å². The first-order valence-corrected chi connectivity index (χ1v) is 18.7. The molecule has 0 aromatic heterocycles. The molecule has 1 rings (SSSR count). The SMILES string of the molecule is CC(C)C[C@H](NC(=O)CNC(=O)[C@@H](NC(=O)[C@H](C)NC(=O)[C@@H](N)CCC(=O)O)C(C)C)C(=O)N[C@@H](CCC(N)=O)C(=O)N1CCC[C@H]1C(=O)N[C@H](C(=O)O)[C@@H](C)O. The van der Waals surface area contributed by atoms with Crippen LogP contribution in [0.25, 0.3) is 0 Å². The summed E-state index contributed by atoms with van der Waals surface area (Å²) >= 11 is 0. The number of carbonyl (C=O) groups excluding carboxylic acids is 8. The van der Waals surface area contributed by atoms with Gasteiger partial charge in [-0.05, 0) is 57.8 Å². The maximum atomic E-state index is 13.8. The average Bonchev–Trinajstić information content (AvgIpc) is 3.61. The van der Waals surface area contributed by atoms with Gasteiger partial charge in [-0.3, -0.25) is 43.2 Å². The number of carboxylic acid groups (broad SMARTS) is 2. The standard InChI is InChI=1S/C35H59N9O13/c1-16(2)14-22(40-25(47)15-38-33(54)27(17(3)4)42-29(50)18(5)39-30(51)20(36)9-12-26(48)49)31(52)41-21(10-11-24(37)46)34(55)44-13-7-8-23(44)32(53)43-28(19(6)45)35(56)57/h16-23,27-28,45H,7-15,36H2,1-6H3,(H2,37,46)(H,38,54)(H,39,51)(H,40,47)(H,41,52)(H,42,50)(H,43,53)(H,48,49)(H,56,57)/t18-,19+,20-,21-,22-,23-,27-,28-/m0/s1. The number of primary amides is 1. The van der Waals surface area contributed by atoms with Crippen molar-refractivity contribution in [3.63, 3.8) is 0 Å². The zero-order valence-electron chi connectivity index (χ0n) is 33.2. The van der Waals surface area contributed by atoms with Crippen LogP contribution in [0.15, 0.2) is 0 Å². The third-order valence-corrected chi connectivity index (χ3v) is 8.97. The van der Waals surface area contributed by atoms with E-state index in [1.807, 2.05) is 0 Å². The van der Waals surface area contributed by atoms with Crippen molar-refractivity contribution in [1.82, 2.24) is 36.8 Å². The lowest BCUT2D eigenvalue weighted by Gasteiger charge is -2.30. The Labute approximate surface area is 330 Å². The number of likely N-dealkylation sites (tertiary alicyclic amines) is 1. The molecule has 0 bridgehead atoms. The second-order valence-electron chi connectivity index (χ2n) is 14.8. The summed E-state index contributed by atoms with van der Waals surface area (Å²) in [5, 5.41) is 42.5. The van der Waals surface area contributed by atoms with Gasteiger partial charge in [0, 0.05) is 19.4 Å². The molecule has 0 saturated carbocycles. The van der Waals surface area contributed by atoms with Crippen LogP contribution in [0.2, 0.25) is 0 Å². The van der Waals surface area contributed by atoms with Crippen LogP contribution < -0.4 is 43.4 Å². The fourth-order valence-electron chi connectivity index (χ4n) is 5.79. The highest BCUT2D eigenvalue weighted by molar-refractivity contribution is 5.97. The van der Waals surface area contributed by atoms with Crippen LogP contribution in [-0.2, 0) is 47.9 Å². The molecule has 0 unspecified atom stereocenters. The second kappa shape index (κ2) is 23.6. The number of aliphatic hydroxyl groups excluding tert-OH is 1. The van der Waals surface area contributed by atoms with Crippen molar-refractivity contribution in [2.75, 3.05) is 13.1 Å². The maximum absolute atomic E-state index is 13.8. The lowest BCUT2D eigenvalue weighted by molar-refractivity contribution is -0.147. The zero-order chi connectivity index (χ0) is 43.7. The number of aliphatic hydroxyl groups is 1. The Morgan fingerprint density at radius 3 is 1.89 bits per heavy atom. The Hall–Kier alpha value is -5.38. The zero-order valence-corrected chi connectivity index (χ0v) is 33.2. The number of nitrogens with two attached hydrogens (primary N) is 2. The van der Waals surface area contributed by atoms with Gasteiger partial charge in [0.1, 0.15) is 30.2 Å². The van der Waals surface area contributed by atoms with Gasteiger partial charge in [-0.25, -0.2) is 4.79 Å². The van der Waals surface area contributed by atoms with Crippen LogP contribution >= 0.6 is 0 Å². The minimum Gasteiger partial charge on any atom is -0.481 e. The molecule has 0 aliphatic carbocycles.